The summed E-state index contributed by atoms with van der Waals surface area (Å²) in [7, 11) is 0. The van der Waals surface area contributed by atoms with Crippen LogP contribution in [0.2, 0.25) is 0 Å². The molecule has 0 saturated heterocycles. The van der Waals surface area contributed by atoms with Crippen LogP contribution < -0.4 is 0 Å². The van der Waals surface area contributed by atoms with E-state index < -0.39 is 0 Å². The molecule has 0 heterocycles. The molecule has 5 unspecified atom stereocenters. The average Bonchev–Trinajstić information content (AvgIpc) is 2.51. The lowest BCUT2D eigenvalue weighted by molar-refractivity contribution is 0.178. The summed E-state index contributed by atoms with van der Waals surface area (Å²) in [6.07, 6.45) is 15.5. The van der Waals surface area contributed by atoms with Gasteiger partial charge in [-0.15, -0.1) is 0 Å². The molecule has 0 bridgehead atoms. The molecule has 0 spiro atoms. The van der Waals surface area contributed by atoms with E-state index in [1.807, 2.05) is 0 Å². The molecular formula is C23H48. The van der Waals surface area contributed by atoms with Crippen LogP contribution in [0.4, 0.5) is 0 Å². The van der Waals surface area contributed by atoms with Crippen LogP contribution in [0.3, 0.4) is 0 Å². The van der Waals surface area contributed by atoms with Crippen LogP contribution in [-0.2, 0) is 0 Å². The minimum absolute atomic E-state index is 0.908. The number of unbranched alkanes of at least 4 members (excludes halogenated alkanes) is 2. The minimum Gasteiger partial charge on any atom is -0.0654 e. The van der Waals surface area contributed by atoms with Gasteiger partial charge in [0.1, 0.15) is 0 Å². The topological polar surface area (TPSA) is 0 Å². The number of hydrogen-bond donors (Lipinski definition) is 0. The van der Waals surface area contributed by atoms with E-state index in [0.717, 1.165) is 29.6 Å². The smallest absolute Gasteiger partial charge is 0.0360 e. The SMILES string of the molecule is CCCCCC(C)C(CC(C)CCC)C(C)CCC(C)CCC. The molecule has 0 saturated carbocycles. The van der Waals surface area contributed by atoms with E-state index in [0.29, 0.717) is 0 Å². The highest BCUT2D eigenvalue weighted by Gasteiger charge is 2.25. The van der Waals surface area contributed by atoms with Crippen LogP contribution in [0.15, 0.2) is 0 Å². The fourth-order valence-corrected chi connectivity index (χ4v) is 4.43. The largest absolute Gasteiger partial charge is 0.0654 e. The number of hydrogen-bond acceptors (Lipinski definition) is 0. The average molecular weight is 325 g/mol. The second kappa shape index (κ2) is 14.4. The third-order valence-corrected chi connectivity index (χ3v) is 6.08. The first-order chi connectivity index (χ1) is 11.0. The normalized spacial score (nSPS) is 18.4. The molecule has 0 nitrogen and oxygen atoms in total. The summed E-state index contributed by atoms with van der Waals surface area (Å²) in [5.74, 6) is 4.60. The summed E-state index contributed by atoms with van der Waals surface area (Å²) in [4.78, 5) is 0. The summed E-state index contributed by atoms with van der Waals surface area (Å²) in [5.41, 5.74) is 0. The lowest BCUT2D eigenvalue weighted by Crippen LogP contribution is -2.23. The molecule has 140 valence electrons. The monoisotopic (exact) mass is 324 g/mol. The van der Waals surface area contributed by atoms with E-state index >= 15 is 0 Å². The molecule has 0 aromatic carbocycles. The Kier molecular flexibility index (Phi) is 14.4. The van der Waals surface area contributed by atoms with Crippen molar-refractivity contribution in [2.75, 3.05) is 0 Å². The molecule has 0 rings (SSSR count). The van der Waals surface area contributed by atoms with Crippen LogP contribution in [0.5, 0.6) is 0 Å². The summed E-state index contributed by atoms with van der Waals surface area (Å²) in [6, 6.07) is 0. The van der Waals surface area contributed by atoms with Gasteiger partial charge in [0.25, 0.3) is 0 Å². The van der Waals surface area contributed by atoms with E-state index in [9.17, 15) is 0 Å². The zero-order valence-electron chi connectivity index (χ0n) is 17.7. The molecular weight excluding hydrogens is 276 g/mol. The summed E-state index contributed by atoms with van der Waals surface area (Å²) < 4.78 is 0. The summed E-state index contributed by atoms with van der Waals surface area (Å²) in [5, 5.41) is 0. The van der Waals surface area contributed by atoms with E-state index in [2.05, 4.69) is 48.5 Å². The van der Waals surface area contributed by atoms with Gasteiger partial charge in [-0.05, 0) is 36.0 Å². The maximum absolute atomic E-state index is 2.55. The predicted octanol–water partition coefficient (Wildman–Crippen LogP) is 8.50. The fourth-order valence-electron chi connectivity index (χ4n) is 4.43. The van der Waals surface area contributed by atoms with Crippen molar-refractivity contribution < 1.29 is 0 Å². The molecule has 0 heteroatoms. The van der Waals surface area contributed by atoms with Crippen LogP contribution in [0.25, 0.3) is 0 Å². The van der Waals surface area contributed by atoms with Gasteiger partial charge < -0.3 is 0 Å². The Bertz CT molecular complexity index is 244. The van der Waals surface area contributed by atoms with Crippen molar-refractivity contribution in [3.63, 3.8) is 0 Å². The van der Waals surface area contributed by atoms with Crippen molar-refractivity contribution >= 4 is 0 Å². The van der Waals surface area contributed by atoms with Gasteiger partial charge in [-0.25, -0.2) is 0 Å². The maximum Gasteiger partial charge on any atom is -0.0360 e. The van der Waals surface area contributed by atoms with Crippen molar-refractivity contribution in [3.8, 4) is 0 Å². The van der Waals surface area contributed by atoms with Crippen molar-refractivity contribution in [1.29, 1.82) is 0 Å². The van der Waals surface area contributed by atoms with E-state index in [1.165, 1.54) is 70.6 Å². The molecule has 0 aliphatic carbocycles. The van der Waals surface area contributed by atoms with Crippen molar-refractivity contribution in [2.45, 2.75) is 119 Å². The molecule has 0 radical (unpaired) electrons. The highest BCUT2D eigenvalue weighted by atomic mass is 14.3. The number of rotatable bonds is 15. The zero-order chi connectivity index (χ0) is 17.7. The highest BCUT2D eigenvalue weighted by molar-refractivity contribution is 4.75. The molecule has 0 aliphatic heterocycles. The quantitative estimate of drug-likeness (QED) is 0.265. The van der Waals surface area contributed by atoms with Gasteiger partial charge in [-0.3, -0.25) is 0 Å². The van der Waals surface area contributed by atoms with Crippen molar-refractivity contribution in [1.82, 2.24) is 0 Å². The predicted molar refractivity (Wildman–Crippen MR) is 108 cm³/mol. The lowest BCUT2D eigenvalue weighted by Gasteiger charge is -2.33. The van der Waals surface area contributed by atoms with Gasteiger partial charge in [-0.2, -0.15) is 0 Å². The van der Waals surface area contributed by atoms with Crippen molar-refractivity contribution in [2.24, 2.45) is 29.6 Å². The van der Waals surface area contributed by atoms with E-state index in [-0.39, 0.29) is 0 Å². The Labute approximate surface area is 149 Å². The Morgan fingerprint density at radius 3 is 1.65 bits per heavy atom. The molecule has 0 N–H and O–H groups in total. The fraction of sp³-hybridized carbons (Fsp3) is 1.00. The molecule has 0 aliphatic rings. The Balaban J connectivity index is 4.54. The molecule has 0 aromatic heterocycles. The van der Waals surface area contributed by atoms with Gasteiger partial charge in [-0.1, -0.05) is 113 Å². The lowest BCUT2D eigenvalue weighted by atomic mass is 9.73. The van der Waals surface area contributed by atoms with Crippen LogP contribution in [0.1, 0.15) is 119 Å². The van der Waals surface area contributed by atoms with Crippen LogP contribution in [-0.4, -0.2) is 0 Å². The van der Waals surface area contributed by atoms with Gasteiger partial charge in [0.05, 0.1) is 0 Å². The van der Waals surface area contributed by atoms with Gasteiger partial charge in [0.15, 0.2) is 0 Å². The first-order valence-corrected chi connectivity index (χ1v) is 11.0. The van der Waals surface area contributed by atoms with Gasteiger partial charge in [0, 0.05) is 0 Å². The molecule has 0 amide bonds. The Hall–Kier alpha value is 0. The van der Waals surface area contributed by atoms with E-state index in [4.69, 9.17) is 0 Å². The highest BCUT2D eigenvalue weighted by Crippen LogP contribution is 2.35. The summed E-state index contributed by atoms with van der Waals surface area (Å²) >= 11 is 0. The standard InChI is InChI=1S/C23H48/c1-8-11-12-15-21(6)23(18-20(5)14-10-3)22(7)17-16-19(4)13-9-2/h19-23H,8-18H2,1-7H3. The first-order valence-electron chi connectivity index (χ1n) is 11.0. The van der Waals surface area contributed by atoms with Crippen LogP contribution in [0, 0.1) is 29.6 Å². The maximum atomic E-state index is 2.55. The Morgan fingerprint density at radius 2 is 1.09 bits per heavy atom. The third kappa shape index (κ3) is 11.2. The third-order valence-electron chi connectivity index (χ3n) is 6.08. The van der Waals surface area contributed by atoms with Crippen LogP contribution >= 0.6 is 0 Å². The molecule has 23 heavy (non-hydrogen) atoms. The van der Waals surface area contributed by atoms with Crippen molar-refractivity contribution in [3.05, 3.63) is 0 Å². The second-order valence-electron chi connectivity index (χ2n) is 8.71. The first kappa shape index (κ1) is 23.0. The second-order valence-corrected chi connectivity index (χ2v) is 8.71. The minimum atomic E-state index is 0.908. The molecule has 0 aromatic rings. The van der Waals surface area contributed by atoms with E-state index in [1.54, 1.807) is 0 Å². The Morgan fingerprint density at radius 1 is 0.522 bits per heavy atom. The molecule has 5 atom stereocenters. The zero-order valence-corrected chi connectivity index (χ0v) is 17.7. The van der Waals surface area contributed by atoms with Gasteiger partial charge in [0.2, 0.25) is 0 Å². The van der Waals surface area contributed by atoms with Gasteiger partial charge >= 0.3 is 0 Å². The summed E-state index contributed by atoms with van der Waals surface area (Å²) in [6.45, 7) is 17.0. The molecule has 0 fully saturated rings.